The van der Waals surface area contributed by atoms with Crippen molar-refractivity contribution < 1.29 is 0 Å². The van der Waals surface area contributed by atoms with E-state index < -0.39 is 0 Å². The number of aryl methyl sites for hydroxylation is 1. The molecule has 0 radical (unpaired) electrons. The van der Waals surface area contributed by atoms with Crippen LogP contribution in [0.4, 0.5) is 5.69 Å². The topological polar surface area (TPSA) is 12.0 Å². The monoisotopic (exact) mass is 203 g/mol. The molecule has 82 valence electrons. The van der Waals surface area contributed by atoms with E-state index in [1.54, 1.807) is 0 Å². The molecular formula is C14H21N. The summed E-state index contributed by atoms with van der Waals surface area (Å²) in [6, 6.07) is 9.28. The Morgan fingerprint density at radius 3 is 2.67 bits per heavy atom. The SMILES string of the molecule is Cc1cccc(NC(C)C2CCCC2)c1. The molecule has 1 atom stereocenters. The highest BCUT2D eigenvalue weighted by Gasteiger charge is 2.21. The van der Waals surface area contributed by atoms with Gasteiger partial charge in [-0.25, -0.2) is 0 Å². The first-order valence-corrected chi connectivity index (χ1v) is 6.09. The lowest BCUT2D eigenvalue weighted by Gasteiger charge is -2.21. The van der Waals surface area contributed by atoms with Gasteiger partial charge in [0.05, 0.1) is 0 Å². The van der Waals surface area contributed by atoms with E-state index in [0.29, 0.717) is 6.04 Å². The molecule has 1 unspecified atom stereocenters. The lowest BCUT2D eigenvalue weighted by Crippen LogP contribution is -2.23. The van der Waals surface area contributed by atoms with Crippen LogP contribution < -0.4 is 5.32 Å². The molecule has 1 aliphatic carbocycles. The molecule has 1 fully saturated rings. The summed E-state index contributed by atoms with van der Waals surface area (Å²) >= 11 is 0. The minimum atomic E-state index is 0.620. The van der Waals surface area contributed by atoms with Gasteiger partial charge in [0, 0.05) is 11.7 Å². The van der Waals surface area contributed by atoms with E-state index in [1.165, 1.54) is 36.9 Å². The van der Waals surface area contributed by atoms with Gasteiger partial charge in [-0.15, -0.1) is 0 Å². The van der Waals surface area contributed by atoms with E-state index in [9.17, 15) is 0 Å². The van der Waals surface area contributed by atoms with E-state index in [-0.39, 0.29) is 0 Å². The first-order valence-electron chi connectivity index (χ1n) is 6.09. The summed E-state index contributed by atoms with van der Waals surface area (Å²) in [5.74, 6) is 0.880. The van der Waals surface area contributed by atoms with Crippen molar-refractivity contribution in [2.45, 2.75) is 45.6 Å². The van der Waals surface area contributed by atoms with Gasteiger partial charge in [-0.1, -0.05) is 25.0 Å². The molecule has 2 rings (SSSR count). The molecule has 15 heavy (non-hydrogen) atoms. The largest absolute Gasteiger partial charge is 0.382 e. The third-order valence-electron chi connectivity index (χ3n) is 3.52. The molecule has 1 N–H and O–H groups in total. The summed E-state index contributed by atoms with van der Waals surface area (Å²) in [4.78, 5) is 0. The first-order chi connectivity index (χ1) is 7.25. The highest BCUT2D eigenvalue weighted by molar-refractivity contribution is 5.46. The van der Waals surface area contributed by atoms with Crippen molar-refractivity contribution in [2.24, 2.45) is 5.92 Å². The van der Waals surface area contributed by atoms with Crippen LogP contribution in [0, 0.1) is 12.8 Å². The highest BCUT2D eigenvalue weighted by Crippen LogP contribution is 2.29. The maximum absolute atomic E-state index is 3.62. The molecule has 1 aromatic carbocycles. The number of benzene rings is 1. The third-order valence-corrected chi connectivity index (χ3v) is 3.52. The zero-order chi connectivity index (χ0) is 10.7. The Balaban J connectivity index is 1.95. The number of hydrogen-bond donors (Lipinski definition) is 1. The predicted molar refractivity (Wildman–Crippen MR) is 66.2 cm³/mol. The van der Waals surface area contributed by atoms with Crippen LogP contribution in [0.5, 0.6) is 0 Å². The van der Waals surface area contributed by atoms with Gasteiger partial charge in [0.1, 0.15) is 0 Å². The first kappa shape index (κ1) is 10.5. The van der Waals surface area contributed by atoms with E-state index in [4.69, 9.17) is 0 Å². The van der Waals surface area contributed by atoms with E-state index in [1.807, 2.05) is 0 Å². The number of rotatable bonds is 3. The minimum Gasteiger partial charge on any atom is -0.382 e. The Morgan fingerprint density at radius 2 is 2.00 bits per heavy atom. The quantitative estimate of drug-likeness (QED) is 0.783. The maximum Gasteiger partial charge on any atom is 0.0344 e. The van der Waals surface area contributed by atoms with Crippen LogP contribution in [-0.2, 0) is 0 Å². The second-order valence-electron chi connectivity index (χ2n) is 4.85. The van der Waals surface area contributed by atoms with E-state index >= 15 is 0 Å². The van der Waals surface area contributed by atoms with Gasteiger partial charge in [-0.3, -0.25) is 0 Å². The molecule has 0 bridgehead atoms. The van der Waals surface area contributed by atoms with Crippen LogP contribution in [0.25, 0.3) is 0 Å². The van der Waals surface area contributed by atoms with Gasteiger partial charge in [-0.2, -0.15) is 0 Å². The summed E-state index contributed by atoms with van der Waals surface area (Å²) in [6.07, 6.45) is 5.65. The van der Waals surface area contributed by atoms with Crippen molar-refractivity contribution in [1.82, 2.24) is 0 Å². The van der Waals surface area contributed by atoms with Crippen molar-refractivity contribution >= 4 is 5.69 Å². The molecule has 1 nitrogen and oxygen atoms in total. The van der Waals surface area contributed by atoms with Crippen LogP contribution in [0.3, 0.4) is 0 Å². The zero-order valence-corrected chi connectivity index (χ0v) is 9.79. The van der Waals surface area contributed by atoms with Crippen LogP contribution in [0.1, 0.15) is 38.2 Å². The van der Waals surface area contributed by atoms with Crippen molar-refractivity contribution in [3.8, 4) is 0 Å². The summed E-state index contributed by atoms with van der Waals surface area (Å²) in [5.41, 5.74) is 2.60. The van der Waals surface area contributed by atoms with Crippen molar-refractivity contribution in [3.63, 3.8) is 0 Å². The van der Waals surface area contributed by atoms with Crippen LogP contribution in [0.15, 0.2) is 24.3 Å². The molecule has 0 aliphatic heterocycles. The van der Waals surface area contributed by atoms with Gasteiger partial charge in [0.15, 0.2) is 0 Å². The second-order valence-corrected chi connectivity index (χ2v) is 4.85. The normalized spacial score (nSPS) is 19.1. The Labute approximate surface area is 92.9 Å². The molecule has 1 aromatic rings. The van der Waals surface area contributed by atoms with Gasteiger partial charge < -0.3 is 5.32 Å². The molecular weight excluding hydrogens is 182 g/mol. The summed E-state index contributed by atoms with van der Waals surface area (Å²) in [6.45, 7) is 4.46. The summed E-state index contributed by atoms with van der Waals surface area (Å²) < 4.78 is 0. The number of hydrogen-bond acceptors (Lipinski definition) is 1. The fraction of sp³-hybridized carbons (Fsp3) is 0.571. The molecule has 1 aliphatic rings. The standard InChI is InChI=1S/C14H21N/c1-11-6-5-9-14(10-11)15-12(2)13-7-3-4-8-13/h5-6,9-10,12-13,15H,3-4,7-8H2,1-2H3. The lowest BCUT2D eigenvalue weighted by atomic mass is 9.99. The number of anilines is 1. The van der Waals surface area contributed by atoms with Gasteiger partial charge >= 0.3 is 0 Å². The highest BCUT2D eigenvalue weighted by atomic mass is 14.9. The molecule has 0 amide bonds. The average Bonchev–Trinajstić information content (AvgIpc) is 2.70. The maximum atomic E-state index is 3.62. The molecule has 1 heteroatoms. The second kappa shape index (κ2) is 4.69. The van der Waals surface area contributed by atoms with Gasteiger partial charge in [0.2, 0.25) is 0 Å². The van der Waals surface area contributed by atoms with E-state index in [0.717, 1.165) is 5.92 Å². The molecule has 0 saturated heterocycles. The zero-order valence-electron chi connectivity index (χ0n) is 9.79. The Hall–Kier alpha value is -0.980. The van der Waals surface area contributed by atoms with E-state index in [2.05, 4.69) is 43.4 Å². The predicted octanol–water partition coefficient (Wildman–Crippen LogP) is 3.99. The van der Waals surface area contributed by atoms with Gasteiger partial charge in [-0.05, 0) is 50.3 Å². The van der Waals surface area contributed by atoms with Crippen LogP contribution in [0.2, 0.25) is 0 Å². The third kappa shape index (κ3) is 2.74. The van der Waals surface area contributed by atoms with Crippen molar-refractivity contribution in [3.05, 3.63) is 29.8 Å². The van der Waals surface area contributed by atoms with Crippen LogP contribution >= 0.6 is 0 Å². The van der Waals surface area contributed by atoms with Crippen LogP contribution in [-0.4, -0.2) is 6.04 Å². The van der Waals surface area contributed by atoms with Crippen molar-refractivity contribution in [2.75, 3.05) is 5.32 Å². The fourth-order valence-electron chi connectivity index (χ4n) is 2.57. The summed E-state index contributed by atoms with van der Waals surface area (Å²) in [7, 11) is 0. The Bertz CT molecular complexity index is 313. The fourth-order valence-corrected chi connectivity index (χ4v) is 2.57. The lowest BCUT2D eigenvalue weighted by molar-refractivity contribution is 0.482. The molecule has 0 heterocycles. The summed E-state index contributed by atoms with van der Waals surface area (Å²) in [5, 5.41) is 3.62. The molecule has 0 spiro atoms. The average molecular weight is 203 g/mol. The van der Waals surface area contributed by atoms with Gasteiger partial charge in [0.25, 0.3) is 0 Å². The van der Waals surface area contributed by atoms with Crippen molar-refractivity contribution in [1.29, 1.82) is 0 Å². The number of nitrogens with one attached hydrogen (secondary N) is 1. The molecule has 0 aromatic heterocycles. The Morgan fingerprint density at radius 1 is 1.27 bits per heavy atom. The Kier molecular flexibility index (Phi) is 3.30. The molecule has 1 saturated carbocycles. The smallest absolute Gasteiger partial charge is 0.0344 e. The minimum absolute atomic E-state index is 0.620.